The van der Waals surface area contributed by atoms with E-state index in [9.17, 15) is 4.79 Å². The number of para-hydroxylation sites is 2. The van der Waals surface area contributed by atoms with E-state index in [1.54, 1.807) is 18.4 Å². The lowest BCUT2D eigenvalue weighted by Crippen LogP contribution is -2.41. The van der Waals surface area contributed by atoms with Gasteiger partial charge in [-0.3, -0.25) is 4.79 Å². The fourth-order valence-electron chi connectivity index (χ4n) is 3.46. The van der Waals surface area contributed by atoms with Crippen molar-refractivity contribution < 1.29 is 23.2 Å². The lowest BCUT2D eigenvalue weighted by atomic mass is 10.1. The van der Waals surface area contributed by atoms with Crippen LogP contribution in [-0.4, -0.2) is 46.7 Å². The van der Waals surface area contributed by atoms with Crippen molar-refractivity contribution in [2.24, 2.45) is 0 Å². The van der Waals surface area contributed by atoms with E-state index in [1.807, 2.05) is 36.1 Å². The molecule has 0 aliphatic carbocycles. The molecule has 1 aliphatic rings. The van der Waals surface area contributed by atoms with Crippen LogP contribution in [0, 0.1) is 0 Å². The molecule has 1 aliphatic heterocycles. The van der Waals surface area contributed by atoms with Gasteiger partial charge in [0.15, 0.2) is 17.3 Å². The van der Waals surface area contributed by atoms with Gasteiger partial charge in [0.1, 0.15) is 6.10 Å². The monoisotopic (exact) mass is 411 g/mol. The number of ether oxygens (including phenoxy) is 2. The van der Waals surface area contributed by atoms with E-state index in [2.05, 4.69) is 10.1 Å². The maximum Gasteiger partial charge on any atom is 0.238 e. The molecule has 0 N–H and O–H groups in total. The summed E-state index contributed by atoms with van der Waals surface area (Å²) in [6.07, 6.45) is 3.94. The third-order valence-corrected chi connectivity index (χ3v) is 5.00. The van der Waals surface area contributed by atoms with Crippen LogP contribution in [0.3, 0.4) is 0 Å². The lowest BCUT2D eigenvalue weighted by molar-refractivity contribution is -0.133. The van der Waals surface area contributed by atoms with Gasteiger partial charge in [0, 0.05) is 38.8 Å². The summed E-state index contributed by atoms with van der Waals surface area (Å²) in [6, 6.07) is 11.2. The largest absolute Gasteiger partial charge is 0.490 e. The first-order valence-electron chi connectivity index (χ1n) is 10.3. The average molecular weight is 411 g/mol. The smallest absolute Gasteiger partial charge is 0.238 e. The molecule has 3 heterocycles. The summed E-state index contributed by atoms with van der Waals surface area (Å²) < 4.78 is 22.2. The Kier molecular flexibility index (Phi) is 6.32. The van der Waals surface area contributed by atoms with E-state index in [0.29, 0.717) is 50.0 Å². The van der Waals surface area contributed by atoms with E-state index in [-0.39, 0.29) is 12.0 Å². The predicted molar refractivity (Wildman–Crippen MR) is 108 cm³/mol. The molecule has 1 fully saturated rings. The second-order valence-electron chi connectivity index (χ2n) is 7.07. The maximum absolute atomic E-state index is 12.6. The second kappa shape index (κ2) is 9.47. The number of hydrogen-bond acceptors (Lipinski definition) is 7. The van der Waals surface area contributed by atoms with Gasteiger partial charge >= 0.3 is 0 Å². The van der Waals surface area contributed by atoms with Gasteiger partial charge in [0.2, 0.25) is 17.6 Å². The number of hydrogen-bond donors (Lipinski definition) is 0. The lowest BCUT2D eigenvalue weighted by Gasteiger charge is -2.32. The van der Waals surface area contributed by atoms with Crippen molar-refractivity contribution in [2.45, 2.75) is 38.7 Å². The molecule has 3 aromatic rings. The molecule has 1 amide bonds. The van der Waals surface area contributed by atoms with Gasteiger partial charge < -0.3 is 23.3 Å². The third-order valence-electron chi connectivity index (χ3n) is 5.00. The summed E-state index contributed by atoms with van der Waals surface area (Å²) in [7, 11) is 0. The normalized spacial score (nSPS) is 14.6. The number of benzene rings is 1. The minimum atomic E-state index is 0.0717. The van der Waals surface area contributed by atoms with Crippen LogP contribution in [-0.2, 0) is 11.2 Å². The number of furan rings is 1. The molecule has 0 saturated carbocycles. The SMILES string of the molecule is CCOc1ccccc1OC1CCN(C(=O)CCc2nc(-c3ccco3)no2)CC1. The summed E-state index contributed by atoms with van der Waals surface area (Å²) >= 11 is 0. The topological polar surface area (TPSA) is 90.8 Å². The Morgan fingerprint density at radius 2 is 1.97 bits per heavy atom. The molecule has 0 spiro atoms. The number of aryl methyl sites for hydroxylation is 1. The first-order chi connectivity index (χ1) is 14.7. The molecule has 158 valence electrons. The van der Waals surface area contributed by atoms with Crippen LogP contribution in [0.25, 0.3) is 11.6 Å². The second-order valence-corrected chi connectivity index (χ2v) is 7.07. The third kappa shape index (κ3) is 4.82. The van der Waals surface area contributed by atoms with Gasteiger partial charge in [-0.15, -0.1) is 0 Å². The zero-order valence-corrected chi connectivity index (χ0v) is 17.0. The summed E-state index contributed by atoms with van der Waals surface area (Å²) in [6.45, 7) is 3.88. The van der Waals surface area contributed by atoms with Gasteiger partial charge in [-0.2, -0.15) is 4.98 Å². The van der Waals surface area contributed by atoms with Gasteiger partial charge in [-0.05, 0) is 31.2 Å². The summed E-state index contributed by atoms with van der Waals surface area (Å²) in [5.41, 5.74) is 0. The number of carbonyl (C=O) groups excluding carboxylic acids is 1. The number of aromatic nitrogens is 2. The molecule has 1 aromatic carbocycles. The highest BCUT2D eigenvalue weighted by Crippen LogP contribution is 2.29. The Bertz CT molecular complexity index is 945. The van der Waals surface area contributed by atoms with Crippen LogP contribution in [0.2, 0.25) is 0 Å². The van der Waals surface area contributed by atoms with Crippen molar-refractivity contribution in [3.63, 3.8) is 0 Å². The van der Waals surface area contributed by atoms with Crippen LogP contribution in [0.15, 0.2) is 51.6 Å². The molecule has 8 nitrogen and oxygen atoms in total. The van der Waals surface area contributed by atoms with E-state index in [4.69, 9.17) is 18.4 Å². The number of piperidine rings is 1. The minimum absolute atomic E-state index is 0.0717. The van der Waals surface area contributed by atoms with Crippen molar-refractivity contribution in [1.82, 2.24) is 15.0 Å². The minimum Gasteiger partial charge on any atom is -0.490 e. The van der Waals surface area contributed by atoms with Crippen LogP contribution in [0.4, 0.5) is 0 Å². The number of amides is 1. The highest BCUT2D eigenvalue weighted by atomic mass is 16.5. The highest BCUT2D eigenvalue weighted by molar-refractivity contribution is 5.76. The van der Waals surface area contributed by atoms with Gasteiger partial charge in [-0.1, -0.05) is 17.3 Å². The van der Waals surface area contributed by atoms with Gasteiger partial charge in [0.05, 0.1) is 12.9 Å². The molecular formula is C22H25N3O5. The quantitative estimate of drug-likeness (QED) is 0.558. The molecule has 0 bridgehead atoms. The zero-order valence-electron chi connectivity index (χ0n) is 17.0. The van der Waals surface area contributed by atoms with Crippen molar-refractivity contribution in [2.75, 3.05) is 19.7 Å². The van der Waals surface area contributed by atoms with Crippen LogP contribution in [0.5, 0.6) is 11.5 Å². The zero-order chi connectivity index (χ0) is 20.8. The van der Waals surface area contributed by atoms with Crippen LogP contribution < -0.4 is 9.47 Å². The number of carbonyl (C=O) groups is 1. The predicted octanol–water partition coefficient (Wildman–Crippen LogP) is 3.73. The van der Waals surface area contributed by atoms with Crippen molar-refractivity contribution in [3.8, 4) is 23.1 Å². The molecule has 1 saturated heterocycles. The van der Waals surface area contributed by atoms with Crippen molar-refractivity contribution >= 4 is 5.91 Å². The Balaban J connectivity index is 1.24. The average Bonchev–Trinajstić information content (AvgIpc) is 3.46. The molecular weight excluding hydrogens is 386 g/mol. The number of rotatable bonds is 8. The van der Waals surface area contributed by atoms with E-state index in [1.165, 1.54) is 0 Å². The number of likely N-dealkylation sites (tertiary alicyclic amines) is 1. The molecule has 2 aromatic heterocycles. The first kappa shape index (κ1) is 20.0. The maximum atomic E-state index is 12.6. The Morgan fingerprint density at radius 3 is 2.70 bits per heavy atom. The fraction of sp³-hybridized carbons (Fsp3) is 0.409. The first-order valence-corrected chi connectivity index (χ1v) is 10.3. The summed E-state index contributed by atoms with van der Waals surface area (Å²) in [5, 5.41) is 3.89. The highest BCUT2D eigenvalue weighted by Gasteiger charge is 2.25. The molecule has 4 rings (SSSR count). The molecule has 8 heteroatoms. The Hall–Kier alpha value is -3.29. The van der Waals surface area contributed by atoms with E-state index >= 15 is 0 Å². The fourth-order valence-corrected chi connectivity index (χ4v) is 3.46. The number of nitrogens with zero attached hydrogens (tertiary/aromatic N) is 3. The van der Waals surface area contributed by atoms with Gasteiger partial charge in [0.25, 0.3) is 0 Å². The van der Waals surface area contributed by atoms with Crippen LogP contribution in [0.1, 0.15) is 32.1 Å². The molecule has 30 heavy (non-hydrogen) atoms. The van der Waals surface area contributed by atoms with Crippen LogP contribution >= 0.6 is 0 Å². The molecule has 0 radical (unpaired) electrons. The van der Waals surface area contributed by atoms with Crippen molar-refractivity contribution in [1.29, 1.82) is 0 Å². The van der Waals surface area contributed by atoms with E-state index in [0.717, 1.165) is 24.3 Å². The Morgan fingerprint density at radius 1 is 1.17 bits per heavy atom. The summed E-state index contributed by atoms with van der Waals surface area (Å²) in [5.74, 6) is 2.97. The Labute approximate surface area is 174 Å². The van der Waals surface area contributed by atoms with E-state index < -0.39 is 0 Å². The summed E-state index contributed by atoms with van der Waals surface area (Å²) in [4.78, 5) is 18.7. The standard InChI is InChI=1S/C22H25N3O5/c1-2-27-17-6-3-4-7-18(17)29-16-11-13-25(14-12-16)21(26)10-9-20-23-22(24-30-20)19-8-5-15-28-19/h3-8,15-16H,2,9-14H2,1H3. The van der Waals surface area contributed by atoms with Gasteiger partial charge in [-0.25, -0.2) is 0 Å². The molecule has 0 unspecified atom stereocenters. The van der Waals surface area contributed by atoms with Crippen molar-refractivity contribution in [3.05, 3.63) is 48.6 Å². The molecule has 0 atom stereocenters.